The van der Waals surface area contributed by atoms with Crippen LogP contribution in [0.1, 0.15) is 11.1 Å². The second kappa shape index (κ2) is 4.56. The molecule has 0 bridgehead atoms. The molecule has 2 N–H and O–H groups in total. The minimum absolute atomic E-state index is 0.519. The summed E-state index contributed by atoms with van der Waals surface area (Å²) in [5, 5.41) is 0. The molecule has 0 amide bonds. The zero-order valence-electron chi connectivity index (χ0n) is 11.7. The third-order valence-corrected chi connectivity index (χ3v) is 3.31. The topological polar surface area (TPSA) is 61.3 Å². The Morgan fingerprint density at radius 2 is 1.95 bits per heavy atom. The van der Waals surface area contributed by atoms with Gasteiger partial charge in [0.05, 0.1) is 12.7 Å². The first-order valence-electron chi connectivity index (χ1n) is 6.40. The minimum Gasteiger partial charge on any atom is -0.497 e. The molecule has 4 nitrogen and oxygen atoms in total. The first-order chi connectivity index (χ1) is 9.58. The van der Waals surface area contributed by atoms with E-state index in [0.717, 1.165) is 33.5 Å². The molecular formula is C16H16N2O2. The average Bonchev–Trinajstić information content (AvgIpc) is 2.83. The summed E-state index contributed by atoms with van der Waals surface area (Å²) in [5.74, 6) is 1.24. The number of fused-ring (bicyclic) bond motifs is 1. The molecule has 0 unspecified atom stereocenters. The van der Waals surface area contributed by atoms with Crippen molar-refractivity contribution in [2.45, 2.75) is 13.8 Å². The van der Waals surface area contributed by atoms with Crippen LogP contribution in [0.3, 0.4) is 0 Å². The van der Waals surface area contributed by atoms with Gasteiger partial charge in [-0.1, -0.05) is 6.07 Å². The van der Waals surface area contributed by atoms with Crippen molar-refractivity contribution in [3.05, 3.63) is 41.5 Å². The van der Waals surface area contributed by atoms with Gasteiger partial charge in [-0.05, 0) is 49.2 Å². The SMILES string of the molecule is COc1ccc(N)c(-c2nc3cc(C)cc(C)c3o2)c1. The van der Waals surface area contributed by atoms with Gasteiger partial charge in [0.1, 0.15) is 11.3 Å². The summed E-state index contributed by atoms with van der Waals surface area (Å²) in [7, 11) is 1.62. The van der Waals surface area contributed by atoms with E-state index < -0.39 is 0 Å². The fraction of sp³-hybridized carbons (Fsp3) is 0.188. The number of nitrogens with two attached hydrogens (primary N) is 1. The number of aromatic nitrogens is 1. The lowest BCUT2D eigenvalue weighted by atomic mass is 10.1. The number of nitrogens with zero attached hydrogens (tertiary/aromatic N) is 1. The maximum Gasteiger partial charge on any atom is 0.229 e. The molecule has 0 radical (unpaired) electrons. The molecule has 0 atom stereocenters. The van der Waals surface area contributed by atoms with Crippen LogP contribution in [0.4, 0.5) is 5.69 Å². The molecule has 2 aromatic carbocycles. The molecule has 3 aromatic rings. The first-order valence-corrected chi connectivity index (χ1v) is 6.40. The predicted molar refractivity (Wildman–Crippen MR) is 79.9 cm³/mol. The quantitative estimate of drug-likeness (QED) is 0.720. The molecule has 3 rings (SSSR count). The highest BCUT2D eigenvalue weighted by molar-refractivity contribution is 5.82. The zero-order valence-corrected chi connectivity index (χ0v) is 11.7. The minimum atomic E-state index is 0.519. The van der Waals surface area contributed by atoms with Gasteiger partial charge in [-0.15, -0.1) is 0 Å². The van der Waals surface area contributed by atoms with Crippen LogP contribution in [0.15, 0.2) is 34.7 Å². The lowest BCUT2D eigenvalue weighted by Crippen LogP contribution is -1.91. The number of hydrogen-bond donors (Lipinski definition) is 1. The van der Waals surface area contributed by atoms with Gasteiger partial charge >= 0.3 is 0 Å². The number of benzene rings is 2. The van der Waals surface area contributed by atoms with E-state index in [1.807, 2.05) is 32.0 Å². The number of rotatable bonds is 2. The Hall–Kier alpha value is -2.49. The van der Waals surface area contributed by atoms with Gasteiger partial charge < -0.3 is 14.9 Å². The second-order valence-electron chi connectivity index (χ2n) is 4.90. The largest absolute Gasteiger partial charge is 0.497 e. The molecule has 20 heavy (non-hydrogen) atoms. The summed E-state index contributed by atoms with van der Waals surface area (Å²) >= 11 is 0. The third-order valence-electron chi connectivity index (χ3n) is 3.31. The maximum atomic E-state index is 6.01. The van der Waals surface area contributed by atoms with Crippen molar-refractivity contribution in [1.82, 2.24) is 4.98 Å². The fourth-order valence-corrected chi connectivity index (χ4v) is 2.34. The Bertz CT molecular complexity index is 791. The van der Waals surface area contributed by atoms with Crippen molar-refractivity contribution < 1.29 is 9.15 Å². The molecule has 0 saturated heterocycles. The van der Waals surface area contributed by atoms with E-state index in [1.54, 1.807) is 13.2 Å². The van der Waals surface area contributed by atoms with Gasteiger partial charge in [0, 0.05) is 5.69 Å². The van der Waals surface area contributed by atoms with Crippen LogP contribution in [-0.4, -0.2) is 12.1 Å². The van der Waals surface area contributed by atoms with Gasteiger partial charge in [-0.3, -0.25) is 0 Å². The highest BCUT2D eigenvalue weighted by Crippen LogP contribution is 2.32. The van der Waals surface area contributed by atoms with Crippen LogP contribution in [-0.2, 0) is 0 Å². The molecule has 0 fully saturated rings. The number of oxazole rings is 1. The average molecular weight is 268 g/mol. The first kappa shape index (κ1) is 12.5. The summed E-state index contributed by atoms with van der Waals surface area (Å²) in [4.78, 5) is 4.54. The molecular weight excluding hydrogens is 252 g/mol. The molecule has 1 heterocycles. The predicted octanol–water partition coefficient (Wildman–Crippen LogP) is 3.70. The summed E-state index contributed by atoms with van der Waals surface area (Å²) in [6, 6.07) is 9.53. The molecule has 0 spiro atoms. The number of anilines is 1. The van der Waals surface area contributed by atoms with E-state index in [1.165, 1.54) is 0 Å². The van der Waals surface area contributed by atoms with Crippen molar-refractivity contribution in [1.29, 1.82) is 0 Å². The van der Waals surface area contributed by atoms with Crippen LogP contribution in [0, 0.1) is 13.8 Å². The van der Waals surface area contributed by atoms with E-state index in [9.17, 15) is 0 Å². The Morgan fingerprint density at radius 1 is 1.15 bits per heavy atom. The number of methoxy groups -OCH3 is 1. The smallest absolute Gasteiger partial charge is 0.229 e. The molecule has 0 saturated carbocycles. The van der Waals surface area contributed by atoms with Crippen LogP contribution in [0.25, 0.3) is 22.6 Å². The number of hydrogen-bond acceptors (Lipinski definition) is 4. The standard InChI is InChI=1S/C16H16N2O2/c1-9-6-10(2)15-14(7-9)18-16(20-15)12-8-11(19-3)4-5-13(12)17/h4-8H,17H2,1-3H3. The second-order valence-corrected chi connectivity index (χ2v) is 4.90. The normalized spacial score (nSPS) is 10.9. The lowest BCUT2D eigenvalue weighted by molar-refractivity contribution is 0.415. The molecule has 4 heteroatoms. The summed E-state index contributed by atoms with van der Waals surface area (Å²) in [6.45, 7) is 4.06. The highest BCUT2D eigenvalue weighted by Gasteiger charge is 2.13. The number of nitrogen functional groups attached to an aromatic ring is 1. The van der Waals surface area contributed by atoms with Gasteiger partial charge in [-0.25, -0.2) is 4.98 Å². The van der Waals surface area contributed by atoms with E-state index in [2.05, 4.69) is 11.1 Å². The van der Waals surface area contributed by atoms with Gasteiger partial charge in [-0.2, -0.15) is 0 Å². The summed E-state index contributed by atoms with van der Waals surface area (Å²) in [6.07, 6.45) is 0. The Balaban J connectivity index is 2.22. The van der Waals surface area contributed by atoms with Crippen LogP contribution in [0.2, 0.25) is 0 Å². The highest BCUT2D eigenvalue weighted by atomic mass is 16.5. The Morgan fingerprint density at radius 3 is 2.70 bits per heavy atom. The number of aryl methyl sites for hydroxylation is 2. The van der Waals surface area contributed by atoms with E-state index in [-0.39, 0.29) is 0 Å². The van der Waals surface area contributed by atoms with E-state index in [4.69, 9.17) is 14.9 Å². The number of ether oxygens (including phenoxy) is 1. The maximum absolute atomic E-state index is 6.01. The van der Waals surface area contributed by atoms with Crippen LogP contribution < -0.4 is 10.5 Å². The molecule has 0 aliphatic heterocycles. The van der Waals surface area contributed by atoms with Gasteiger partial charge in [0.15, 0.2) is 5.58 Å². The van der Waals surface area contributed by atoms with Crippen LogP contribution in [0.5, 0.6) is 5.75 Å². The van der Waals surface area contributed by atoms with Crippen molar-refractivity contribution in [3.63, 3.8) is 0 Å². The monoisotopic (exact) mass is 268 g/mol. The molecule has 1 aromatic heterocycles. The zero-order chi connectivity index (χ0) is 14.3. The van der Waals surface area contributed by atoms with E-state index in [0.29, 0.717) is 11.6 Å². The van der Waals surface area contributed by atoms with Gasteiger partial charge in [0.2, 0.25) is 5.89 Å². The van der Waals surface area contributed by atoms with Crippen molar-refractivity contribution in [2.75, 3.05) is 12.8 Å². The molecule has 0 aliphatic rings. The summed E-state index contributed by atoms with van der Waals surface area (Å²) in [5.41, 5.74) is 11.3. The Kier molecular flexibility index (Phi) is 2.86. The van der Waals surface area contributed by atoms with Crippen molar-refractivity contribution in [2.24, 2.45) is 0 Å². The van der Waals surface area contributed by atoms with Gasteiger partial charge in [0.25, 0.3) is 0 Å². The third kappa shape index (κ3) is 1.99. The lowest BCUT2D eigenvalue weighted by Gasteiger charge is -2.04. The molecule has 102 valence electrons. The van der Waals surface area contributed by atoms with Crippen molar-refractivity contribution in [3.8, 4) is 17.2 Å². The van der Waals surface area contributed by atoms with Crippen molar-refractivity contribution >= 4 is 16.8 Å². The molecule has 0 aliphatic carbocycles. The van der Waals surface area contributed by atoms with Crippen LogP contribution >= 0.6 is 0 Å². The Labute approximate surface area is 117 Å². The van der Waals surface area contributed by atoms with E-state index >= 15 is 0 Å². The summed E-state index contributed by atoms with van der Waals surface area (Å²) < 4.78 is 11.1. The fourth-order valence-electron chi connectivity index (χ4n) is 2.34.